The monoisotopic (exact) mass is 299 g/mol. The maximum absolute atomic E-state index is 10.7. The molecule has 1 unspecified atom stereocenters. The number of ether oxygens (including phenoxy) is 1. The van der Waals surface area contributed by atoms with E-state index >= 15 is 0 Å². The van der Waals surface area contributed by atoms with Crippen LogP contribution < -0.4 is 4.74 Å². The van der Waals surface area contributed by atoms with E-state index in [1.165, 1.54) is 0 Å². The van der Waals surface area contributed by atoms with Gasteiger partial charge in [-0.2, -0.15) is 0 Å². The van der Waals surface area contributed by atoms with E-state index < -0.39 is 5.97 Å². The first-order chi connectivity index (χ1) is 10.5. The Morgan fingerprint density at radius 3 is 2.27 bits per heavy atom. The van der Waals surface area contributed by atoms with Gasteiger partial charge in [-0.15, -0.1) is 0 Å². The first kappa shape index (κ1) is 16.0. The molecule has 0 aliphatic rings. The van der Waals surface area contributed by atoms with Gasteiger partial charge in [0.15, 0.2) is 0 Å². The summed E-state index contributed by atoms with van der Waals surface area (Å²) in [5, 5.41) is 8.82. The molecule has 0 aliphatic heterocycles. The van der Waals surface area contributed by atoms with Crippen LogP contribution in [0.5, 0.6) is 11.5 Å². The fourth-order valence-electron chi connectivity index (χ4n) is 2.18. The topological polar surface area (TPSA) is 49.8 Å². The highest BCUT2D eigenvalue weighted by molar-refractivity contribution is 5.69. The van der Waals surface area contributed by atoms with E-state index in [0.717, 1.165) is 23.5 Å². The number of carboxylic acid groups (broad SMARTS) is 1. The molecule has 0 aromatic heterocycles. The molecule has 22 heavy (non-hydrogen) atoms. The molecule has 1 atom stereocenters. The molecule has 2 rings (SSSR count). The summed E-state index contributed by atoms with van der Waals surface area (Å²) in [4.78, 5) is 12.6. The first-order valence-electron chi connectivity index (χ1n) is 7.28. The highest BCUT2D eigenvalue weighted by atomic mass is 16.5. The highest BCUT2D eigenvalue weighted by Crippen LogP contribution is 2.21. The van der Waals surface area contributed by atoms with E-state index in [0.29, 0.717) is 0 Å². The Morgan fingerprint density at radius 1 is 1.09 bits per heavy atom. The van der Waals surface area contributed by atoms with Crippen molar-refractivity contribution in [1.29, 1.82) is 0 Å². The summed E-state index contributed by atoms with van der Waals surface area (Å²) in [5.74, 6) is 0.798. The normalized spacial score (nSPS) is 12.1. The lowest BCUT2D eigenvalue weighted by Gasteiger charge is -2.22. The van der Waals surface area contributed by atoms with Gasteiger partial charge >= 0.3 is 5.97 Å². The van der Waals surface area contributed by atoms with Crippen molar-refractivity contribution in [3.05, 3.63) is 60.2 Å². The van der Waals surface area contributed by atoms with Crippen molar-refractivity contribution >= 4 is 5.97 Å². The van der Waals surface area contributed by atoms with Crippen molar-refractivity contribution in [2.75, 3.05) is 13.6 Å². The van der Waals surface area contributed by atoms with Gasteiger partial charge in [0.1, 0.15) is 11.5 Å². The average Bonchev–Trinajstić information content (AvgIpc) is 2.49. The van der Waals surface area contributed by atoms with Crippen LogP contribution in [0, 0.1) is 0 Å². The minimum absolute atomic E-state index is 0.0520. The van der Waals surface area contributed by atoms with Gasteiger partial charge in [0.05, 0.1) is 6.54 Å². The number of likely N-dealkylation sites (N-methyl/N-ethyl adjacent to an activating group) is 1. The third kappa shape index (κ3) is 4.90. The first-order valence-corrected chi connectivity index (χ1v) is 7.28. The van der Waals surface area contributed by atoms with Gasteiger partial charge in [0.25, 0.3) is 0 Å². The van der Waals surface area contributed by atoms with Crippen LogP contribution in [0.3, 0.4) is 0 Å². The zero-order valence-electron chi connectivity index (χ0n) is 12.9. The third-order valence-electron chi connectivity index (χ3n) is 3.57. The molecule has 0 heterocycles. The van der Waals surface area contributed by atoms with Crippen molar-refractivity contribution in [3.63, 3.8) is 0 Å². The van der Waals surface area contributed by atoms with Crippen LogP contribution in [0.2, 0.25) is 0 Å². The maximum atomic E-state index is 10.7. The smallest absolute Gasteiger partial charge is 0.317 e. The highest BCUT2D eigenvalue weighted by Gasteiger charge is 2.12. The molecule has 0 fully saturated rings. The maximum Gasteiger partial charge on any atom is 0.317 e. The van der Waals surface area contributed by atoms with Crippen LogP contribution in [0.15, 0.2) is 54.6 Å². The number of carbonyl (C=O) groups is 1. The Morgan fingerprint density at radius 2 is 1.68 bits per heavy atom. The van der Waals surface area contributed by atoms with Crippen molar-refractivity contribution in [1.82, 2.24) is 4.90 Å². The number of para-hydroxylation sites is 1. The van der Waals surface area contributed by atoms with E-state index in [1.54, 1.807) is 0 Å². The Kier molecular flexibility index (Phi) is 5.55. The number of nitrogens with zero attached hydrogens (tertiary/aromatic N) is 1. The number of hydrogen-bond acceptors (Lipinski definition) is 3. The van der Waals surface area contributed by atoms with Crippen molar-refractivity contribution in [2.24, 2.45) is 0 Å². The number of carboxylic acids is 1. The van der Waals surface area contributed by atoms with E-state index in [-0.39, 0.29) is 12.6 Å². The Labute approximate surface area is 131 Å². The minimum Gasteiger partial charge on any atom is -0.480 e. The van der Waals surface area contributed by atoms with E-state index in [9.17, 15) is 4.79 Å². The summed E-state index contributed by atoms with van der Waals surface area (Å²) in [5.41, 5.74) is 1.16. The van der Waals surface area contributed by atoms with Gasteiger partial charge in [-0.25, -0.2) is 0 Å². The lowest BCUT2D eigenvalue weighted by Crippen LogP contribution is -2.35. The Hall–Kier alpha value is -2.33. The lowest BCUT2D eigenvalue weighted by atomic mass is 10.1. The van der Waals surface area contributed by atoms with Gasteiger partial charge in [-0.3, -0.25) is 9.69 Å². The van der Waals surface area contributed by atoms with Crippen LogP contribution in [-0.4, -0.2) is 35.6 Å². The summed E-state index contributed by atoms with van der Waals surface area (Å²) < 4.78 is 5.75. The van der Waals surface area contributed by atoms with Gasteiger partial charge < -0.3 is 9.84 Å². The van der Waals surface area contributed by atoms with E-state index in [1.807, 2.05) is 73.5 Å². The number of benzene rings is 2. The van der Waals surface area contributed by atoms with Crippen molar-refractivity contribution in [2.45, 2.75) is 19.4 Å². The molecule has 2 aromatic carbocycles. The predicted octanol–water partition coefficient (Wildman–Crippen LogP) is 3.43. The van der Waals surface area contributed by atoms with Gasteiger partial charge in [-0.1, -0.05) is 30.3 Å². The second-order valence-corrected chi connectivity index (χ2v) is 5.42. The molecular weight excluding hydrogens is 278 g/mol. The van der Waals surface area contributed by atoms with Gasteiger partial charge in [0.2, 0.25) is 0 Å². The number of hydrogen-bond donors (Lipinski definition) is 1. The summed E-state index contributed by atoms with van der Waals surface area (Å²) in [6.07, 6.45) is 0.801. The molecule has 0 spiro atoms. The van der Waals surface area contributed by atoms with Crippen LogP contribution in [-0.2, 0) is 11.2 Å². The Balaban J connectivity index is 1.93. The van der Waals surface area contributed by atoms with Crippen molar-refractivity contribution in [3.8, 4) is 11.5 Å². The molecule has 0 aliphatic carbocycles. The molecule has 116 valence electrons. The molecule has 4 nitrogen and oxygen atoms in total. The van der Waals surface area contributed by atoms with Crippen molar-refractivity contribution < 1.29 is 14.6 Å². The SMILES string of the molecule is CC(Cc1ccc(Oc2ccccc2)cc1)N(C)CC(=O)O. The molecule has 1 N–H and O–H groups in total. The molecule has 0 radical (unpaired) electrons. The number of rotatable bonds is 7. The molecule has 4 heteroatoms. The summed E-state index contributed by atoms with van der Waals surface area (Å²) in [6.45, 7) is 2.08. The molecular formula is C18H21NO3. The van der Waals surface area contributed by atoms with E-state index in [2.05, 4.69) is 0 Å². The van der Waals surface area contributed by atoms with Gasteiger partial charge in [0, 0.05) is 6.04 Å². The quantitative estimate of drug-likeness (QED) is 0.851. The fourth-order valence-corrected chi connectivity index (χ4v) is 2.18. The minimum atomic E-state index is -0.805. The second-order valence-electron chi connectivity index (χ2n) is 5.42. The Bertz CT molecular complexity index is 595. The number of aliphatic carboxylic acids is 1. The zero-order valence-corrected chi connectivity index (χ0v) is 12.9. The predicted molar refractivity (Wildman–Crippen MR) is 86.4 cm³/mol. The third-order valence-corrected chi connectivity index (χ3v) is 3.57. The molecule has 0 amide bonds. The van der Waals surface area contributed by atoms with E-state index in [4.69, 9.17) is 9.84 Å². The van der Waals surface area contributed by atoms with Crippen LogP contribution in [0.1, 0.15) is 12.5 Å². The molecule has 2 aromatic rings. The summed E-state index contributed by atoms with van der Waals surface area (Å²) >= 11 is 0. The second kappa shape index (κ2) is 7.61. The summed E-state index contributed by atoms with van der Waals surface area (Å²) in [6, 6.07) is 17.7. The lowest BCUT2D eigenvalue weighted by molar-refractivity contribution is -0.138. The molecule has 0 saturated carbocycles. The zero-order chi connectivity index (χ0) is 15.9. The average molecular weight is 299 g/mol. The molecule has 0 saturated heterocycles. The molecule has 0 bridgehead atoms. The van der Waals surface area contributed by atoms with Crippen LogP contribution >= 0.6 is 0 Å². The van der Waals surface area contributed by atoms with Crippen LogP contribution in [0.25, 0.3) is 0 Å². The largest absolute Gasteiger partial charge is 0.480 e. The summed E-state index contributed by atoms with van der Waals surface area (Å²) in [7, 11) is 1.83. The standard InChI is InChI=1S/C18H21NO3/c1-14(19(2)13-18(20)21)12-15-8-10-17(11-9-15)22-16-6-4-3-5-7-16/h3-11,14H,12-13H2,1-2H3,(H,20,21). The fraction of sp³-hybridized carbons (Fsp3) is 0.278. The van der Waals surface area contributed by atoms with Gasteiger partial charge in [-0.05, 0) is 50.2 Å². The van der Waals surface area contributed by atoms with Crippen LogP contribution in [0.4, 0.5) is 0 Å².